The standard InChI is InChI=1S/C18H22N2O4/c1-19(13-9-7-6-8-10-13)18(21)20(2)14-11-15(22-3)17(24-5)16(12-14)23-4/h6-12H,1-5H3. The van der Waals surface area contributed by atoms with Crippen molar-refractivity contribution in [1.82, 2.24) is 0 Å². The highest BCUT2D eigenvalue weighted by molar-refractivity contribution is 6.03. The van der Waals surface area contributed by atoms with Crippen LogP contribution in [0.1, 0.15) is 0 Å². The van der Waals surface area contributed by atoms with Crippen molar-refractivity contribution < 1.29 is 19.0 Å². The summed E-state index contributed by atoms with van der Waals surface area (Å²) in [6, 6.07) is 12.7. The molecule has 0 saturated heterocycles. The molecule has 6 nitrogen and oxygen atoms in total. The minimum atomic E-state index is -0.185. The number of carbonyl (C=O) groups is 1. The zero-order valence-corrected chi connectivity index (χ0v) is 14.6. The highest BCUT2D eigenvalue weighted by Crippen LogP contribution is 2.41. The molecule has 0 N–H and O–H groups in total. The predicted octanol–water partition coefficient (Wildman–Crippen LogP) is 3.41. The Bertz CT molecular complexity index is 678. The molecule has 128 valence electrons. The van der Waals surface area contributed by atoms with Crippen LogP contribution >= 0.6 is 0 Å². The van der Waals surface area contributed by atoms with E-state index in [4.69, 9.17) is 14.2 Å². The summed E-state index contributed by atoms with van der Waals surface area (Å²) >= 11 is 0. The number of amides is 2. The quantitative estimate of drug-likeness (QED) is 0.843. The molecule has 0 atom stereocenters. The lowest BCUT2D eigenvalue weighted by Crippen LogP contribution is -2.38. The van der Waals surface area contributed by atoms with Crippen LogP contribution in [0.2, 0.25) is 0 Å². The van der Waals surface area contributed by atoms with Gasteiger partial charge in [0, 0.05) is 31.9 Å². The second-order valence-electron chi connectivity index (χ2n) is 5.12. The maximum Gasteiger partial charge on any atom is 0.328 e. The van der Waals surface area contributed by atoms with E-state index in [1.165, 1.54) is 12.0 Å². The summed E-state index contributed by atoms with van der Waals surface area (Å²) in [4.78, 5) is 15.8. The van der Waals surface area contributed by atoms with Crippen molar-refractivity contribution in [3.63, 3.8) is 0 Å². The summed E-state index contributed by atoms with van der Waals surface area (Å²) in [6.07, 6.45) is 0. The van der Waals surface area contributed by atoms with Gasteiger partial charge in [-0.2, -0.15) is 0 Å². The number of carbonyl (C=O) groups excluding carboxylic acids is 1. The second-order valence-corrected chi connectivity index (χ2v) is 5.12. The first kappa shape index (κ1) is 17.5. The van der Waals surface area contributed by atoms with Gasteiger partial charge in [0.2, 0.25) is 5.75 Å². The number of ether oxygens (including phenoxy) is 3. The Hall–Kier alpha value is -2.89. The predicted molar refractivity (Wildman–Crippen MR) is 94.7 cm³/mol. The van der Waals surface area contributed by atoms with Gasteiger partial charge in [0.25, 0.3) is 0 Å². The summed E-state index contributed by atoms with van der Waals surface area (Å²) in [6.45, 7) is 0. The molecule has 0 fully saturated rings. The molecule has 2 amide bonds. The van der Waals surface area contributed by atoms with Gasteiger partial charge in [-0.15, -0.1) is 0 Å². The van der Waals surface area contributed by atoms with Gasteiger partial charge in [-0.3, -0.25) is 9.80 Å². The number of benzene rings is 2. The Morgan fingerprint density at radius 1 is 0.792 bits per heavy atom. The number of hydrogen-bond donors (Lipinski definition) is 0. The van der Waals surface area contributed by atoms with Gasteiger partial charge in [-0.25, -0.2) is 4.79 Å². The molecular weight excluding hydrogens is 308 g/mol. The third-order valence-electron chi connectivity index (χ3n) is 3.75. The normalized spacial score (nSPS) is 10.0. The van der Waals surface area contributed by atoms with Crippen LogP contribution in [0, 0.1) is 0 Å². The number of hydrogen-bond acceptors (Lipinski definition) is 4. The Morgan fingerprint density at radius 3 is 1.75 bits per heavy atom. The minimum absolute atomic E-state index is 0.185. The Labute approximate surface area is 142 Å². The molecule has 0 saturated carbocycles. The van der Waals surface area contributed by atoms with E-state index in [0.717, 1.165) is 5.69 Å². The van der Waals surface area contributed by atoms with E-state index in [-0.39, 0.29) is 6.03 Å². The first-order valence-electron chi connectivity index (χ1n) is 7.40. The van der Waals surface area contributed by atoms with E-state index < -0.39 is 0 Å². The average Bonchev–Trinajstić information content (AvgIpc) is 2.65. The first-order chi connectivity index (χ1) is 11.5. The Kier molecular flexibility index (Phi) is 5.52. The van der Waals surface area contributed by atoms with E-state index in [1.54, 1.807) is 45.3 Å². The van der Waals surface area contributed by atoms with Crippen LogP contribution in [0.25, 0.3) is 0 Å². The lowest BCUT2D eigenvalue weighted by Gasteiger charge is -2.26. The molecule has 0 bridgehead atoms. The maximum atomic E-state index is 12.7. The molecule has 6 heteroatoms. The number of rotatable bonds is 5. The minimum Gasteiger partial charge on any atom is -0.493 e. The zero-order valence-electron chi connectivity index (χ0n) is 14.6. The second kappa shape index (κ2) is 7.59. The van der Waals surface area contributed by atoms with Crippen molar-refractivity contribution in [2.45, 2.75) is 0 Å². The van der Waals surface area contributed by atoms with Gasteiger partial charge in [0.05, 0.1) is 27.0 Å². The van der Waals surface area contributed by atoms with Gasteiger partial charge >= 0.3 is 6.03 Å². The van der Waals surface area contributed by atoms with Crippen molar-refractivity contribution in [2.24, 2.45) is 0 Å². The van der Waals surface area contributed by atoms with Gasteiger partial charge < -0.3 is 14.2 Å². The van der Waals surface area contributed by atoms with Crippen LogP contribution < -0.4 is 24.0 Å². The molecule has 0 aliphatic carbocycles. The number of anilines is 2. The number of methoxy groups -OCH3 is 3. The van der Waals surface area contributed by atoms with Crippen molar-refractivity contribution in [1.29, 1.82) is 0 Å². The third-order valence-corrected chi connectivity index (χ3v) is 3.75. The monoisotopic (exact) mass is 330 g/mol. The first-order valence-corrected chi connectivity index (χ1v) is 7.40. The van der Waals surface area contributed by atoms with E-state index in [2.05, 4.69) is 0 Å². The Balaban J connectivity index is 2.35. The van der Waals surface area contributed by atoms with Crippen molar-refractivity contribution in [3.8, 4) is 17.2 Å². The lowest BCUT2D eigenvalue weighted by molar-refractivity contribution is 0.253. The molecular formula is C18H22N2O4. The molecule has 0 radical (unpaired) electrons. The number of urea groups is 1. The highest BCUT2D eigenvalue weighted by atomic mass is 16.5. The molecule has 2 aromatic carbocycles. The van der Waals surface area contributed by atoms with Gasteiger partial charge in [-0.1, -0.05) is 18.2 Å². The van der Waals surface area contributed by atoms with E-state index in [1.807, 2.05) is 30.3 Å². The highest BCUT2D eigenvalue weighted by Gasteiger charge is 2.21. The van der Waals surface area contributed by atoms with E-state index in [0.29, 0.717) is 22.9 Å². The van der Waals surface area contributed by atoms with E-state index in [9.17, 15) is 4.79 Å². The molecule has 0 spiro atoms. The van der Waals surface area contributed by atoms with Crippen LogP contribution in [-0.4, -0.2) is 41.5 Å². The van der Waals surface area contributed by atoms with Crippen molar-refractivity contribution >= 4 is 17.4 Å². The topological polar surface area (TPSA) is 51.2 Å². The molecule has 0 aliphatic heterocycles. The van der Waals surface area contributed by atoms with Crippen molar-refractivity contribution in [2.75, 3.05) is 45.2 Å². The van der Waals surface area contributed by atoms with Gasteiger partial charge in [-0.05, 0) is 12.1 Å². The van der Waals surface area contributed by atoms with Crippen molar-refractivity contribution in [3.05, 3.63) is 42.5 Å². The Morgan fingerprint density at radius 2 is 1.29 bits per heavy atom. The van der Waals surface area contributed by atoms with Crippen LogP contribution in [0.3, 0.4) is 0 Å². The summed E-state index contributed by atoms with van der Waals surface area (Å²) in [5.41, 5.74) is 1.44. The average molecular weight is 330 g/mol. The fourth-order valence-corrected chi connectivity index (χ4v) is 2.36. The number of nitrogens with zero attached hydrogens (tertiary/aromatic N) is 2. The maximum absolute atomic E-state index is 12.7. The summed E-state index contributed by atoms with van der Waals surface area (Å²) in [5, 5.41) is 0. The number of para-hydroxylation sites is 1. The fourth-order valence-electron chi connectivity index (χ4n) is 2.36. The zero-order chi connectivity index (χ0) is 17.7. The summed E-state index contributed by atoms with van der Waals surface area (Å²) < 4.78 is 16.0. The van der Waals surface area contributed by atoms with Gasteiger partial charge in [0.15, 0.2) is 11.5 Å². The summed E-state index contributed by atoms with van der Waals surface area (Å²) in [5.74, 6) is 1.48. The van der Waals surface area contributed by atoms with Crippen LogP contribution in [-0.2, 0) is 0 Å². The molecule has 0 aromatic heterocycles. The van der Waals surface area contributed by atoms with E-state index >= 15 is 0 Å². The fraction of sp³-hybridized carbons (Fsp3) is 0.278. The summed E-state index contributed by atoms with van der Waals surface area (Å²) in [7, 11) is 8.05. The largest absolute Gasteiger partial charge is 0.493 e. The molecule has 2 rings (SSSR count). The van der Waals surface area contributed by atoms with Crippen LogP contribution in [0.4, 0.5) is 16.2 Å². The lowest BCUT2D eigenvalue weighted by atomic mass is 10.2. The molecule has 0 aliphatic rings. The van der Waals surface area contributed by atoms with Crippen LogP contribution in [0.5, 0.6) is 17.2 Å². The molecule has 0 heterocycles. The van der Waals surface area contributed by atoms with Crippen LogP contribution in [0.15, 0.2) is 42.5 Å². The molecule has 24 heavy (non-hydrogen) atoms. The molecule has 0 unspecified atom stereocenters. The third kappa shape index (κ3) is 3.37. The van der Waals surface area contributed by atoms with Gasteiger partial charge in [0.1, 0.15) is 0 Å². The SMILES string of the molecule is COc1cc(N(C)C(=O)N(C)c2ccccc2)cc(OC)c1OC. The molecule has 2 aromatic rings. The smallest absolute Gasteiger partial charge is 0.328 e.